The molecule has 4 amide bonds. The monoisotopic (exact) mass is 638 g/mol. The van der Waals surface area contributed by atoms with E-state index in [0.717, 1.165) is 40.9 Å². The molecule has 5 heterocycles. The van der Waals surface area contributed by atoms with Crippen LogP contribution in [0.4, 0.5) is 15.3 Å². The van der Waals surface area contributed by atoms with Crippen LogP contribution >= 0.6 is 0 Å². The molecule has 2 aromatic heterocycles. The Hall–Kier alpha value is -5.13. The number of benzene rings is 2. The molecule has 0 aliphatic carbocycles. The first kappa shape index (κ1) is 30.5. The maximum absolute atomic E-state index is 14.0. The minimum atomic E-state index is -1.06. The van der Waals surface area contributed by atoms with Crippen molar-refractivity contribution in [3.63, 3.8) is 0 Å². The predicted octanol–water partition coefficient (Wildman–Crippen LogP) is 4.79. The lowest BCUT2D eigenvalue weighted by molar-refractivity contribution is -0.142. The largest absolute Gasteiger partial charge is 0.436 e. The molecule has 4 aromatic rings. The number of carbonyl (C=O) groups excluding carboxylic acids is 3. The van der Waals surface area contributed by atoms with Crippen molar-refractivity contribution in [3.05, 3.63) is 93.7 Å². The number of aryl methyl sites for hydroxylation is 1. The van der Waals surface area contributed by atoms with E-state index in [-0.39, 0.29) is 30.3 Å². The summed E-state index contributed by atoms with van der Waals surface area (Å²) in [4.78, 5) is 64.7. The van der Waals surface area contributed by atoms with E-state index in [1.165, 1.54) is 0 Å². The summed E-state index contributed by atoms with van der Waals surface area (Å²) in [6.07, 6.45) is 3.07. The molecule has 0 radical (unpaired) electrons. The number of aromatic nitrogens is 2. The van der Waals surface area contributed by atoms with Gasteiger partial charge in [-0.15, -0.1) is 0 Å². The number of amides is 4. The summed E-state index contributed by atoms with van der Waals surface area (Å²) in [5, 5.41) is 2.97. The van der Waals surface area contributed by atoms with Crippen molar-refractivity contribution < 1.29 is 23.5 Å². The lowest BCUT2D eigenvalue weighted by Gasteiger charge is -2.40. The molecule has 1 atom stereocenters. The zero-order chi connectivity index (χ0) is 32.5. The molecule has 12 heteroatoms. The molecule has 2 aromatic carbocycles. The number of piperidine rings is 2. The van der Waals surface area contributed by atoms with Gasteiger partial charge in [0, 0.05) is 68.7 Å². The number of carbonyl (C=O) groups is 3. The number of para-hydroxylation sites is 1. The van der Waals surface area contributed by atoms with Crippen molar-refractivity contribution in [3.8, 4) is 0 Å². The van der Waals surface area contributed by atoms with Crippen LogP contribution < -0.4 is 11.1 Å². The second-order valence-electron chi connectivity index (χ2n) is 12.7. The number of aromatic amines is 1. The number of H-pyrrole nitrogens is 1. The van der Waals surface area contributed by atoms with Crippen molar-refractivity contribution in [1.82, 2.24) is 24.7 Å². The summed E-state index contributed by atoms with van der Waals surface area (Å²) >= 11 is 0. The van der Waals surface area contributed by atoms with Crippen molar-refractivity contribution in [2.24, 2.45) is 0 Å². The SMILES string of the molecule is Cc1cc(CC(OC(=O)N2CCC(N3Cc4ccccc4NC3=O)CC2)C(=O)N2CCC(c3ccccn3)CC2)cc2oc(=O)[nH]c12. The minimum Gasteiger partial charge on any atom is -0.436 e. The molecule has 3 aliphatic rings. The van der Waals surface area contributed by atoms with Crippen molar-refractivity contribution in [1.29, 1.82) is 0 Å². The standard InChI is InChI=1S/C35H38N6O6/c1-22-18-23(19-29-31(22)38-34(44)46-29)20-30(32(42)39-14-9-24(10-15-39)27-7-4-5-13-36-27)47-35(45)40-16-11-26(12-17-40)41-21-25-6-2-3-8-28(25)37-33(41)43/h2-8,13,18-19,24,26,30H,9-12,14-17,20-21H2,1H3,(H,37,43)(H,38,44). The number of oxazole rings is 1. The van der Waals surface area contributed by atoms with Gasteiger partial charge in [-0.05, 0) is 73.6 Å². The molecule has 3 aliphatic heterocycles. The number of hydrogen-bond acceptors (Lipinski definition) is 7. The maximum Gasteiger partial charge on any atom is 0.417 e. The Morgan fingerprint density at radius 1 is 0.979 bits per heavy atom. The van der Waals surface area contributed by atoms with E-state index in [1.54, 1.807) is 22.1 Å². The van der Waals surface area contributed by atoms with Crippen LogP contribution in [0.25, 0.3) is 11.1 Å². The average Bonchev–Trinajstić information content (AvgIpc) is 3.48. The smallest absolute Gasteiger partial charge is 0.417 e. The molecular weight excluding hydrogens is 600 g/mol. The van der Waals surface area contributed by atoms with E-state index in [4.69, 9.17) is 9.15 Å². The van der Waals surface area contributed by atoms with E-state index >= 15 is 0 Å². The molecule has 0 spiro atoms. The highest BCUT2D eigenvalue weighted by Gasteiger charge is 2.36. The molecule has 2 N–H and O–H groups in total. The van der Waals surface area contributed by atoms with Crippen LogP contribution in [-0.2, 0) is 22.5 Å². The average molecular weight is 639 g/mol. The number of nitrogens with zero attached hydrogens (tertiary/aromatic N) is 4. The number of hydrogen-bond donors (Lipinski definition) is 2. The van der Waals surface area contributed by atoms with Crippen LogP contribution in [0.15, 0.2) is 70.0 Å². The first-order chi connectivity index (χ1) is 22.8. The van der Waals surface area contributed by atoms with Crippen molar-refractivity contribution in [2.45, 2.75) is 63.6 Å². The summed E-state index contributed by atoms with van der Waals surface area (Å²) < 4.78 is 11.3. The highest BCUT2D eigenvalue weighted by atomic mass is 16.6. The van der Waals surface area contributed by atoms with Crippen LogP contribution in [0.1, 0.15) is 54.0 Å². The number of rotatable bonds is 6. The van der Waals surface area contributed by atoms with Crippen molar-refractivity contribution in [2.75, 3.05) is 31.5 Å². The molecule has 2 saturated heterocycles. The van der Waals surface area contributed by atoms with Gasteiger partial charge in [-0.2, -0.15) is 0 Å². The first-order valence-corrected chi connectivity index (χ1v) is 16.3. The van der Waals surface area contributed by atoms with Crippen LogP contribution in [-0.4, -0.2) is 81.0 Å². The molecule has 244 valence electrons. The zero-order valence-corrected chi connectivity index (χ0v) is 26.3. The predicted molar refractivity (Wildman–Crippen MR) is 174 cm³/mol. The fourth-order valence-electron chi connectivity index (χ4n) is 7.10. The van der Waals surface area contributed by atoms with Crippen LogP contribution in [0.5, 0.6) is 0 Å². The Balaban J connectivity index is 1.03. The van der Waals surface area contributed by atoms with E-state index < -0.39 is 18.0 Å². The Bertz CT molecular complexity index is 1840. The molecule has 47 heavy (non-hydrogen) atoms. The third kappa shape index (κ3) is 6.45. The number of urea groups is 1. The fourth-order valence-corrected chi connectivity index (χ4v) is 7.10. The molecule has 2 fully saturated rings. The molecular formula is C35H38N6O6. The van der Waals surface area contributed by atoms with Gasteiger partial charge in [-0.1, -0.05) is 30.3 Å². The lowest BCUT2D eigenvalue weighted by atomic mass is 9.92. The first-order valence-electron chi connectivity index (χ1n) is 16.3. The third-order valence-electron chi connectivity index (χ3n) is 9.67. The van der Waals surface area contributed by atoms with E-state index in [2.05, 4.69) is 15.3 Å². The Kier molecular flexibility index (Phi) is 8.40. The number of nitrogens with one attached hydrogen (secondary N) is 2. The highest BCUT2D eigenvalue weighted by Crippen LogP contribution is 2.30. The summed E-state index contributed by atoms with van der Waals surface area (Å²) in [7, 11) is 0. The summed E-state index contributed by atoms with van der Waals surface area (Å²) in [5.41, 5.74) is 5.43. The summed E-state index contributed by atoms with van der Waals surface area (Å²) in [6, 6.07) is 17.1. The molecule has 12 nitrogen and oxygen atoms in total. The van der Waals surface area contributed by atoms with Gasteiger partial charge in [0.05, 0.1) is 5.52 Å². The van der Waals surface area contributed by atoms with Gasteiger partial charge in [0.25, 0.3) is 5.91 Å². The molecule has 0 saturated carbocycles. The van der Waals surface area contributed by atoms with Gasteiger partial charge >= 0.3 is 17.9 Å². The summed E-state index contributed by atoms with van der Waals surface area (Å²) in [5.74, 6) is -0.533. The number of ether oxygens (including phenoxy) is 1. The zero-order valence-electron chi connectivity index (χ0n) is 26.3. The quantitative estimate of drug-likeness (QED) is 0.309. The van der Waals surface area contributed by atoms with Crippen LogP contribution in [0.2, 0.25) is 0 Å². The van der Waals surface area contributed by atoms with E-state index in [1.807, 2.05) is 60.4 Å². The Morgan fingerprint density at radius 2 is 1.72 bits per heavy atom. The Labute approximate surface area is 271 Å². The van der Waals surface area contributed by atoms with Gasteiger partial charge < -0.3 is 29.2 Å². The fraction of sp³-hybridized carbons (Fsp3) is 0.400. The highest BCUT2D eigenvalue weighted by molar-refractivity contribution is 5.92. The van der Waals surface area contributed by atoms with Gasteiger partial charge in [0.2, 0.25) is 0 Å². The number of fused-ring (bicyclic) bond motifs is 2. The van der Waals surface area contributed by atoms with Gasteiger partial charge in [0.1, 0.15) is 0 Å². The topological polar surface area (TPSA) is 141 Å². The third-order valence-corrected chi connectivity index (χ3v) is 9.67. The molecule has 7 rings (SSSR count). The normalized spacial score (nSPS) is 18.1. The van der Waals surface area contributed by atoms with Gasteiger partial charge in [-0.25, -0.2) is 14.4 Å². The van der Waals surface area contributed by atoms with Crippen LogP contribution in [0.3, 0.4) is 0 Å². The summed E-state index contributed by atoms with van der Waals surface area (Å²) in [6.45, 7) is 4.26. The van der Waals surface area contributed by atoms with E-state index in [0.29, 0.717) is 56.7 Å². The second kappa shape index (κ2) is 12.9. The molecule has 1 unspecified atom stereocenters. The number of likely N-dealkylation sites (tertiary alicyclic amines) is 2. The number of pyridine rings is 1. The van der Waals surface area contributed by atoms with Gasteiger partial charge in [0.15, 0.2) is 11.7 Å². The minimum absolute atomic E-state index is 0.0176. The Morgan fingerprint density at radius 3 is 2.49 bits per heavy atom. The molecule has 0 bridgehead atoms. The lowest BCUT2D eigenvalue weighted by Crippen LogP contribution is -2.52. The van der Waals surface area contributed by atoms with Gasteiger partial charge in [-0.3, -0.25) is 14.8 Å². The maximum atomic E-state index is 14.0. The van der Waals surface area contributed by atoms with Crippen LogP contribution in [0, 0.1) is 6.92 Å². The van der Waals surface area contributed by atoms with Crippen molar-refractivity contribution >= 4 is 34.8 Å². The number of anilines is 1. The second-order valence-corrected chi connectivity index (χ2v) is 12.7. The van der Waals surface area contributed by atoms with E-state index in [9.17, 15) is 19.2 Å².